The molecule has 2 aromatic heterocycles. The number of ether oxygens (including phenoxy) is 1. The van der Waals surface area contributed by atoms with E-state index in [1.165, 1.54) is 6.26 Å². The molecule has 8 nitrogen and oxygen atoms in total. The molecular formula is C21H28N4O4. The molecule has 0 radical (unpaired) electrons. The molecule has 2 aromatic rings. The third-order valence-corrected chi connectivity index (χ3v) is 5.36. The van der Waals surface area contributed by atoms with Crippen molar-refractivity contribution < 1.29 is 18.4 Å². The summed E-state index contributed by atoms with van der Waals surface area (Å²) in [5, 5.41) is 3.48. The lowest BCUT2D eigenvalue weighted by Crippen LogP contribution is -2.54. The highest BCUT2D eigenvalue weighted by molar-refractivity contribution is 5.91. The SMILES string of the molecule is O=C(c1ccco1)N1CCN(C(=NCC2CCOC2)NCCc2ccco2)CC1. The highest BCUT2D eigenvalue weighted by Gasteiger charge is 2.25. The van der Waals surface area contributed by atoms with Gasteiger partial charge in [0, 0.05) is 58.2 Å². The second-order valence-electron chi connectivity index (χ2n) is 7.41. The second-order valence-corrected chi connectivity index (χ2v) is 7.41. The Morgan fingerprint density at radius 2 is 1.90 bits per heavy atom. The molecule has 29 heavy (non-hydrogen) atoms. The van der Waals surface area contributed by atoms with Crippen LogP contribution in [-0.2, 0) is 11.2 Å². The van der Waals surface area contributed by atoms with Gasteiger partial charge < -0.3 is 28.7 Å². The van der Waals surface area contributed by atoms with E-state index in [4.69, 9.17) is 18.6 Å². The van der Waals surface area contributed by atoms with Gasteiger partial charge in [0.2, 0.25) is 0 Å². The lowest BCUT2D eigenvalue weighted by Gasteiger charge is -2.36. The molecule has 1 N–H and O–H groups in total. The van der Waals surface area contributed by atoms with Gasteiger partial charge in [-0.05, 0) is 30.7 Å². The Hall–Kier alpha value is -2.74. The van der Waals surface area contributed by atoms with E-state index in [2.05, 4.69) is 10.2 Å². The van der Waals surface area contributed by atoms with Crippen molar-refractivity contribution in [3.05, 3.63) is 48.3 Å². The number of piperazine rings is 1. The molecule has 2 aliphatic heterocycles. The van der Waals surface area contributed by atoms with Crippen LogP contribution in [0, 0.1) is 5.92 Å². The van der Waals surface area contributed by atoms with Crippen LogP contribution in [0.4, 0.5) is 0 Å². The number of aliphatic imine (C=N–C) groups is 1. The maximum atomic E-state index is 12.5. The summed E-state index contributed by atoms with van der Waals surface area (Å²) in [6.45, 7) is 5.88. The molecule has 2 aliphatic rings. The Morgan fingerprint density at radius 1 is 1.10 bits per heavy atom. The molecule has 0 spiro atoms. The Labute approximate surface area is 170 Å². The van der Waals surface area contributed by atoms with Crippen LogP contribution in [0.2, 0.25) is 0 Å². The van der Waals surface area contributed by atoms with Crippen LogP contribution in [0.5, 0.6) is 0 Å². The molecule has 2 saturated heterocycles. The smallest absolute Gasteiger partial charge is 0.289 e. The zero-order valence-electron chi connectivity index (χ0n) is 16.6. The number of nitrogens with one attached hydrogen (secondary N) is 1. The summed E-state index contributed by atoms with van der Waals surface area (Å²) in [5.41, 5.74) is 0. The molecule has 0 aliphatic carbocycles. The predicted molar refractivity (Wildman–Crippen MR) is 108 cm³/mol. The minimum atomic E-state index is -0.0537. The average molecular weight is 400 g/mol. The molecule has 0 saturated carbocycles. The Morgan fingerprint density at radius 3 is 2.59 bits per heavy atom. The van der Waals surface area contributed by atoms with Gasteiger partial charge in [-0.25, -0.2) is 0 Å². The molecule has 156 valence electrons. The summed E-state index contributed by atoms with van der Waals surface area (Å²) >= 11 is 0. The van der Waals surface area contributed by atoms with E-state index in [9.17, 15) is 4.79 Å². The minimum absolute atomic E-state index is 0.0537. The van der Waals surface area contributed by atoms with Gasteiger partial charge in [-0.2, -0.15) is 0 Å². The Kier molecular flexibility index (Phi) is 6.51. The molecule has 0 aromatic carbocycles. The largest absolute Gasteiger partial charge is 0.469 e. The number of hydrogen-bond acceptors (Lipinski definition) is 5. The van der Waals surface area contributed by atoms with Gasteiger partial charge in [0.05, 0.1) is 19.1 Å². The molecule has 1 unspecified atom stereocenters. The van der Waals surface area contributed by atoms with E-state index in [1.54, 1.807) is 18.4 Å². The van der Waals surface area contributed by atoms with Crippen LogP contribution >= 0.6 is 0 Å². The first-order valence-electron chi connectivity index (χ1n) is 10.3. The summed E-state index contributed by atoms with van der Waals surface area (Å²) < 4.78 is 16.1. The van der Waals surface area contributed by atoms with Crippen molar-refractivity contribution in [2.45, 2.75) is 12.8 Å². The van der Waals surface area contributed by atoms with Crippen LogP contribution in [-0.4, -0.2) is 74.1 Å². The maximum Gasteiger partial charge on any atom is 0.289 e. The first-order chi connectivity index (χ1) is 14.3. The lowest BCUT2D eigenvalue weighted by molar-refractivity contribution is 0.0657. The third kappa shape index (κ3) is 5.20. The molecule has 4 rings (SSSR count). The number of carbonyl (C=O) groups is 1. The topological polar surface area (TPSA) is 83.5 Å². The lowest BCUT2D eigenvalue weighted by atomic mass is 10.1. The minimum Gasteiger partial charge on any atom is -0.469 e. The predicted octanol–water partition coefficient (Wildman–Crippen LogP) is 1.86. The van der Waals surface area contributed by atoms with Gasteiger partial charge in [0.25, 0.3) is 5.91 Å². The number of nitrogens with zero attached hydrogens (tertiary/aromatic N) is 3. The van der Waals surface area contributed by atoms with Gasteiger partial charge in [0.15, 0.2) is 11.7 Å². The molecule has 1 atom stereocenters. The fraction of sp³-hybridized carbons (Fsp3) is 0.524. The van der Waals surface area contributed by atoms with Crippen LogP contribution in [0.3, 0.4) is 0 Å². The number of furan rings is 2. The first kappa shape index (κ1) is 19.6. The molecule has 8 heteroatoms. The standard InChI is InChI=1S/C21H28N4O4/c26-20(19-4-2-13-29-19)24-8-10-25(11-9-24)21(23-15-17-6-14-27-16-17)22-7-5-18-3-1-12-28-18/h1-4,12-13,17H,5-11,14-16H2,(H,22,23). The van der Waals surface area contributed by atoms with Crippen LogP contribution in [0.25, 0.3) is 0 Å². The van der Waals surface area contributed by atoms with E-state index in [1.807, 2.05) is 17.0 Å². The first-order valence-corrected chi connectivity index (χ1v) is 10.3. The van der Waals surface area contributed by atoms with Crippen molar-refractivity contribution in [2.24, 2.45) is 10.9 Å². The fourth-order valence-electron chi connectivity index (χ4n) is 3.64. The van der Waals surface area contributed by atoms with Crippen LogP contribution in [0.1, 0.15) is 22.7 Å². The van der Waals surface area contributed by atoms with Crippen molar-refractivity contribution in [1.82, 2.24) is 15.1 Å². The number of hydrogen-bond donors (Lipinski definition) is 1. The molecular weight excluding hydrogens is 372 g/mol. The molecule has 2 fully saturated rings. The van der Waals surface area contributed by atoms with Crippen LogP contribution < -0.4 is 5.32 Å². The number of carbonyl (C=O) groups excluding carboxylic acids is 1. The van der Waals surface area contributed by atoms with E-state index >= 15 is 0 Å². The number of rotatable bonds is 6. The Bertz CT molecular complexity index is 774. The summed E-state index contributed by atoms with van der Waals surface area (Å²) in [7, 11) is 0. The highest BCUT2D eigenvalue weighted by atomic mass is 16.5. The third-order valence-electron chi connectivity index (χ3n) is 5.36. The molecule has 1 amide bonds. The van der Waals surface area contributed by atoms with Crippen molar-refractivity contribution in [3.8, 4) is 0 Å². The van der Waals surface area contributed by atoms with Crippen molar-refractivity contribution in [1.29, 1.82) is 0 Å². The molecule has 0 bridgehead atoms. The zero-order chi connectivity index (χ0) is 19.9. The van der Waals surface area contributed by atoms with Gasteiger partial charge in [0.1, 0.15) is 5.76 Å². The Balaban J connectivity index is 1.33. The van der Waals surface area contributed by atoms with Crippen molar-refractivity contribution >= 4 is 11.9 Å². The fourth-order valence-corrected chi connectivity index (χ4v) is 3.64. The summed E-state index contributed by atoms with van der Waals surface area (Å²) in [4.78, 5) is 21.4. The summed E-state index contributed by atoms with van der Waals surface area (Å²) in [6, 6.07) is 7.33. The zero-order valence-corrected chi connectivity index (χ0v) is 16.6. The average Bonchev–Trinajstić information content (AvgIpc) is 3.53. The van der Waals surface area contributed by atoms with Gasteiger partial charge in [-0.3, -0.25) is 9.79 Å². The summed E-state index contributed by atoms with van der Waals surface area (Å²) in [6.07, 6.45) is 5.09. The monoisotopic (exact) mass is 400 g/mol. The number of guanidine groups is 1. The van der Waals surface area contributed by atoms with Crippen molar-refractivity contribution in [3.63, 3.8) is 0 Å². The maximum absolute atomic E-state index is 12.5. The van der Waals surface area contributed by atoms with Gasteiger partial charge in [-0.1, -0.05) is 0 Å². The van der Waals surface area contributed by atoms with E-state index in [0.717, 1.165) is 64.0 Å². The van der Waals surface area contributed by atoms with Crippen LogP contribution in [0.15, 0.2) is 50.6 Å². The second kappa shape index (κ2) is 9.65. The number of amides is 1. The van der Waals surface area contributed by atoms with Gasteiger partial charge >= 0.3 is 0 Å². The van der Waals surface area contributed by atoms with E-state index in [-0.39, 0.29) is 5.91 Å². The molecule has 4 heterocycles. The normalized spacial score (nSPS) is 20.3. The quantitative estimate of drug-likeness (QED) is 0.589. The highest BCUT2D eigenvalue weighted by Crippen LogP contribution is 2.13. The van der Waals surface area contributed by atoms with E-state index in [0.29, 0.717) is 24.8 Å². The summed E-state index contributed by atoms with van der Waals surface area (Å²) in [5.74, 6) is 2.68. The van der Waals surface area contributed by atoms with Gasteiger partial charge in [-0.15, -0.1) is 0 Å². The van der Waals surface area contributed by atoms with E-state index < -0.39 is 0 Å². The van der Waals surface area contributed by atoms with Crippen molar-refractivity contribution in [2.75, 3.05) is 52.5 Å².